The van der Waals surface area contributed by atoms with E-state index in [1.165, 1.54) is 7.11 Å². The number of para-hydroxylation sites is 1. The molecule has 0 aliphatic carbocycles. The highest BCUT2D eigenvalue weighted by atomic mass is 16.5. The first kappa shape index (κ1) is 14.5. The summed E-state index contributed by atoms with van der Waals surface area (Å²) in [5, 5.41) is 2.81. The van der Waals surface area contributed by atoms with Crippen molar-refractivity contribution in [2.75, 3.05) is 19.0 Å². The molecule has 5 heteroatoms. The monoisotopic (exact) mass is 277 g/mol. The summed E-state index contributed by atoms with van der Waals surface area (Å²) in [6, 6.07) is 6.82. The van der Waals surface area contributed by atoms with Crippen LogP contribution < -0.4 is 5.32 Å². The zero-order valence-electron chi connectivity index (χ0n) is 11.7. The van der Waals surface area contributed by atoms with Crippen molar-refractivity contribution in [3.63, 3.8) is 0 Å². The molecule has 108 valence electrons. The normalized spacial score (nSPS) is 21.5. The van der Waals surface area contributed by atoms with Crippen LogP contribution in [-0.4, -0.2) is 31.7 Å². The highest BCUT2D eigenvalue weighted by molar-refractivity contribution is 6.02. The second-order valence-electron chi connectivity index (χ2n) is 4.74. The highest BCUT2D eigenvalue weighted by Crippen LogP contribution is 2.26. The van der Waals surface area contributed by atoms with Crippen LogP contribution >= 0.6 is 0 Å². The van der Waals surface area contributed by atoms with Gasteiger partial charge in [-0.05, 0) is 25.0 Å². The second kappa shape index (κ2) is 6.52. The van der Waals surface area contributed by atoms with Gasteiger partial charge in [0.15, 0.2) is 0 Å². The average molecular weight is 277 g/mol. The van der Waals surface area contributed by atoms with E-state index in [-0.39, 0.29) is 17.9 Å². The van der Waals surface area contributed by atoms with E-state index in [0.717, 1.165) is 6.42 Å². The van der Waals surface area contributed by atoms with Crippen LogP contribution in [0.4, 0.5) is 5.69 Å². The molecule has 0 spiro atoms. The number of hydrogen-bond donors (Lipinski definition) is 1. The summed E-state index contributed by atoms with van der Waals surface area (Å²) < 4.78 is 10.2. The summed E-state index contributed by atoms with van der Waals surface area (Å²) >= 11 is 0. The summed E-state index contributed by atoms with van der Waals surface area (Å²) in [5.74, 6) is -0.730. The standard InChI is InChI=1S/C15H19NO4/c1-3-13-11(8-9-20-13)14(17)16-12-7-5-4-6-10(12)15(18)19-2/h4-7,11,13H,3,8-9H2,1-2H3,(H,16,17). The number of hydrogen-bond acceptors (Lipinski definition) is 4. The lowest BCUT2D eigenvalue weighted by molar-refractivity contribution is -0.121. The molecule has 20 heavy (non-hydrogen) atoms. The fourth-order valence-electron chi connectivity index (χ4n) is 2.46. The minimum Gasteiger partial charge on any atom is -0.465 e. The molecule has 1 amide bonds. The number of anilines is 1. The summed E-state index contributed by atoms with van der Waals surface area (Å²) in [4.78, 5) is 24.0. The molecule has 5 nitrogen and oxygen atoms in total. The summed E-state index contributed by atoms with van der Waals surface area (Å²) in [5.41, 5.74) is 0.835. The minimum atomic E-state index is -0.462. The van der Waals surface area contributed by atoms with Crippen molar-refractivity contribution in [3.8, 4) is 0 Å². The SMILES string of the molecule is CCC1OCCC1C(=O)Nc1ccccc1C(=O)OC. The Bertz CT molecular complexity index is 500. The van der Waals surface area contributed by atoms with Gasteiger partial charge < -0.3 is 14.8 Å². The van der Waals surface area contributed by atoms with Crippen molar-refractivity contribution in [2.24, 2.45) is 5.92 Å². The lowest BCUT2D eigenvalue weighted by Crippen LogP contribution is -2.29. The third-order valence-electron chi connectivity index (χ3n) is 3.54. The fourth-order valence-corrected chi connectivity index (χ4v) is 2.46. The number of carbonyl (C=O) groups excluding carboxylic acids is 2. The summed E-state index contributed by atoms with van der Waals surface area (Å²) in [6.45, 7) is 2.61. The maximum atomic E-state index is 12.3. The van der Waals surface area contributed by atoms with Crippen LogP contribution in [0.5, 0.6) is 0 Å². The first-order valence-electron chi connectivity index (χ1n) is 6.77. The number of methoxy groups -OCH3 is 1. The number of ether oxygens (including phenoxy) is 2. The molecule has 1 N–H and O–H groups in total. The molecule has 1 fully saturated rings. The van der Waals surface area contributed by atoms with Crippen molar-refractivity contribution in [1.82, 2.24) is 0 Å². The molecule has 0 radical (unpaired) electrons. The molecule has 1 aromatic rings. The lowest BCUT2D eigenvalue weighted by atomic mass is 9.98. The van der Waals surface area contributed by atoms with Crippen LogP contribution in [0.2, 0.25) is 0 Å². The predicted octanol–water partition coefficient (Wildman–Crippen LogP) is 2.23. The number of benzene rings is 1. The van der Waals surface area contributed by atoms with Crippen molar-refractivity contribution >= 4 is 17.6 Å². The number of carbonyl (C=O) groups is 2. The van der Waals surface area contributed by atoms with Gasteiger partial charge in [-0.25, -0.2) is 4.79 Å². The van der Waals surface area contributed by atoms with Crippen molar-refractivity contribution in [2.45, 2.75) is 25.9 Å². The average Bonchev–Trinajstić information content (AvgIpc) is 2.95. The Morgan fingerprint density at radius 2 is 2.15 bits per heavy atom. The number of esters is 1. The number of nitrogens with one attached hydrogen (secondary N) is 1. The van der Waals surface area contributed by atoms with Crippen LogP contribution in [0.15, 0.2) is 24.3 Å². The molecule has 1 aliphatic heterocycles. The van der Waals surface area contributed by atoms with E-state index in [2.05, 4.69) is 5.32 Å². The highest BCUT2D eigenvalue weighted by Gasteiger charge is 2.33. The first-order valence-corrected chi connectivity index (χ1v) is 6.77. The molecule has 2 atom stereocenters. The zero-order valence-corrected chi connectivity index (χ0v) is 11.7. The van der Waals surface area contributed by atoms with Crippen LogP contribution in [0.3, 0.4) is 0 Å². The van der Waals surface area contributed by atoms with E-state index >= 15 is 0 Å². The van der Waals surface area contributed by atoms with Crippen LogP contribution in [-0.2, 0) is 14.3 Å². The Kier molecular flexibility index (Phi) is 4.74. The molecular weight excluding hydrogens is 258 g/mol. The van der Waals surface area contributed by atoms with Gasteiger partial charge in [-0.15, -0.1) is 0 Å². The molecule has 2 unspecified atom stereocenters. The van der Waals surface area contributed by atoms with Gasteiger partial charge in [0.1, 0.15) is 0 Å². The molecule has 1 aromatic carbocycles. The Hall–Kier alpha value is -1.88. The van der Waals surface area contributed by atoms with E-state index in [1.54, 1.807) is 24.3 Å². The number of rotatable bonds is 4. The molecule has 0 bridgehead atoms. The Balaban J connectivity index is 2.14. The maximum Gasteiger partial charge on any atom is 0.339 e. The molecule has 1 saturated heterocycles. The molecule has 0 aromatic heterocycles. The van der Waals surface area contributed by atoms with E-state index in [9.17, 15) is 9.59 Å². The summed E-state index contributed by atoms with van der Waals surface area (Å²) in [6.07, 6.45) is 1.47. The smallest absolute Gasteiger partial charge is 0.339 e. The van der Waals surface area contributed by atoms with E-state index in [0.29, 0.717) is 24.3 Å². The first-order chi connectivity index (χ1) is 9.67. The third-order valence-corrected chi connectivity index (χ3v) is 3.54. The van der Waals surface area contributed by atoms with E-state index in [4.69, 9.17) is 9.47 Å². The fraction of sp³-hybridized carbons (Fsp3) is 0.467. The molecular formula is C15H19NO4. The topological polar surface area (TPSA) is 64.6 Å². The minimum absolute atomic E-state index is 0.0414. The van der Waals surface area contributed by atoms with E-state index in [1.807, 2.05) is 6.92 Å². The molecule has 1 aliphatic rings. The van der Waals surface area contributed by atoms with Gasteiger partial charge in [-0.3, -0.25) is 4.79 Å². The van der Waals surface area contributed by atoms with Crippen molar-refractivity contribution in [1.29, 1.82) is 0 Å². The predicted molar refractivity (Wildman–Crippen MR) is 74.5 cm³/mol. The van der Waals surface area contributed by atoms with Gasteiger partial charge in [0.05, 0.1) is 30.4 Å². The van der Waals surface area contributed by atoms with Crippen molar-refractivity contribution < 1.29 is 19.1 Å². The quantitative estimate of drug-likeness (QED) is 0.857. The zero-order chi connectivity index (χ0) is 14.5. The third kappa shape index (κ3) is 2.99. The number of amides is 1. The largest absolute Gasteiger partial charge is 0.465 e. The van der Waals surface area contributed by atoms with Gasteiger partial charge in [0.2, 0.25) is 5.91 Å². The van der Waals surface area contributed by atoms with Crippen LogP contribution in [0.1, 0.15) is 30.1 Å². The second-order valence-corrected chi connectivity index (χ2v) is 4.74. The maximum absolute atomic E-state index is 12.3. The Morgan fingerprint density at radius 1 is 1.40 bits per heavy atom. The van der Waals surface area contributed by atoms with Gasteiger partial charge in [0, 0.05) is 6.61 Å². The van der Waals surface area contributed by atoms with Crippen LogP contribution in [0, 0.1) is 5.92 Å². The van der Waals surface area contributed by atoms with Gasteiger partial charge in [-0.1, -0.05) is 19.1 Å². The Labute approximate surface area is 118 Å². The van der Waals surface area contributed by atoms with E-state index < -0.39 is 5.97 Å². The lowest BCUT2D eigenvalue weighted by Gasteiger charge is -2.17. The van der Waals surface area contributed by atoms with Crippen molar-refractivity contribution in [3.05, 3.63) is 29.8 Å². The molecule has 0 saturated carbocycles. The Morgan fingerprint density at radius 3 is 2.85 bits per heavy atom. The molecule has 1 heterocycles. The van der Waals surface area contributed by atoms with Gasteiger partial charge >= 0.3 is 5.97 Å². The summed E-state index contributed by atoms with van der Waals surface area (Å²) in [7, 11) is 1.32. The van der Waals surface area contributed by atoms with Gasteiger partial charge in [-0.2, -0.15) is 0 Å². The van der Waals surface area contributed by atoms with Crippen LogP contribution in [0.25, 0.3) is 0 Å². The molecule has 2 rings (SSSR count). The van der Waals surface area contributed by atoms with Gasteiger partial charge in [0.25, 0.3) is 0 Å².